The van der Waals surface area contributed by atoms with Crippen LogP contribution in [0.4, 0.5) is 5.69 Å². The molecule has 3 aromatic carbocycles. The summed E-state index contributed by atoms with van der Waals surface area (Å²) >= 11 is 0. The lowest BCUT2D eigenvalue weighted by Crippen LogP contribution is -2.44. The van der Waals surface area contributed by atoms with Crippen LogP contribution in [0, 0.1) is 12.3 Å². The smallest absolute Gasteiger partial charge is 0.366 e. The Morgan fingerprint density at radius 2 is 1.64 bits per heavy atom. The van der Waals surface area contributed by atoms with Crippen molar-refractivity contribution in [3.63, 3.8) is 0 Å². The molecule has 2 N–H and O–H groups in total. The number of carbonyl (C=O) groups is 1. The second kappa shape index (κ2) is 10.0. The fourth-order valence-corrected chi connectivity index (χ4v) is 4.71. The van der Waals surface area contributed by atoms with Crippen molar-refractivity contribution in [1.82, 2.24) is 5.16 Å². The van der Waals surface area contributed by atoms with Gasteiger partial charge < -0.3 is 24.4 Å². The molecule has 1 aliphatic rings. The highest BCUT2D eigenvalue weighted by Crippen LogP contribution is 2.37. The molecule has 8 heteroatoms. The molecule has 1 amide bonds. The van der Waals surface area contributed by atoms with Crippen molar-refractivity contribution < 1.29 is 23.9 Å². The Kier molecular flexibility index (Phi) is 6.88. The number of benzene rings is 3. The van der Waals surface area contributed by atoms with Crippen molar-refractivity contribution in [3.8, 4) is 0 Å². The molecular weight excluding hydrogens is 496 g/mol. The molecule has 8 nitrogen and oxygen atoms in total. The van der Waals surface area contributed by atoms with Gasteiger partial charge in [0.15, 0.2) is 11.4 Å². The summed E-state index contributed by atoms with van der Waals surface area (Å²) in [6, 6.07) is 21.3. The number of rotatable bonds is 6. The summed E-state index contributed by atoms with van der Waals surface area (Å²) in [5.41, 5.74) is 0.419. The van der Waals surface area contributed by atoms with E-state index in [1.165, 1.54) is 0 Å². The van der Waals surface area contributed by atoms with Gasteiger partial charge in [-0.05, 0) is 43.2 Å². The zero-order valence-electron chi connectivity index (χ0n) is 22.5. The lowest BCUT2D eigenvalue weighted by atomic mass is 9.85. The highest BCUT2D eigenvalue weighted by molar-refractivity contribution is 6.00. The van der Waals surface area contributed by atoms with Crippen LogP contribution in [0.5, 0.6) is 0 Å². The monoisotopic (exact) mass is 528 g/mol. The average molecular weight is 529 g/mol. The van der Waals surface area contributed by atoms with E-state index in [2.05, 4.69) is 24.3 Å². The molecule has 0 spiro atoms. The number of nitrogens with one attached hydrogen (secondary N) is 1. The maximum absolute atomic E-state index is 13.7. The predicted molar refractivity (Wildman–Crippen MR) is 147 cm³/mol. The van der Waals surface area contributed by atoms with Crippen LogP contribution in [0.15, 0.2) is 82.1 Å². The molecule has 2 heterocycles. The minimum atomic E-state index is -1.89. The van der Waals surface area contributed by atoms with Gasteiger partial charge in [0.1, 0.15) is 0 Å². The van der Waals surface area contributed by atoms with Gasteiger partial charge in [-0.3, -0.25) is 4.79 Å². The van der Waals surface area contributed by atoms with E-state index in [1.807, 2.05) is 49.4 Å². The molecule has 1 unspecified atom stereocenters. The van der Waals surface area contributed by atoms with E-state index in [4.69, 9.17) is 14.0 Å². The molecule has 5 rings (SSSR count). The van der Waals surface area contributed by atoms with Gasteiger partial charge >= 0.3 is 5.63 Å². The third kappa shape index (κ3) is 5.36. The molecule has 39 heavy (non-hydrogen) atoms. The van der Waals surface area contributed by atoms with Gasteiger partial charge in [-0.2, -0.15) is 0 Å². The van der Waals surface area contributed by atoms with Gasteiger partial charge in [0.05, 0.1) is 24.3 Å². The number of nitrogens with zero attached hydrogens (tertiary/aromatic N) is 1. The first kappa shape index (κ1) is 26.7. The van der Waals surface area contributed by atoms with Crippen molar-refractivity contribution in [2.75, 3.05) is 18.5 Å². The number of aromatic nitrogens is 1. The summed E-state index contributed by atoms with van der Waals surface area (Å²) in [4.78, 5) is 25.8. The van der Waals surface area contributed by atoms with E-state index in [9.17, 15) is 14.7 Å². The maximum Gasteiger partial charge on any atom is 0.366 e. The molecule has 0 saturated carbocycles. The number of anilines is 1. The molecular formula is C31H32N2O6. The number of carbonyl (C=O) groups excluding carboxylic acids is 1. The molecule has 0 bridgehead atoms. The number of aliphatic hydroxyl groups is 1. The normalized spacial score (nSPS) is 17.9. The number of hydrogen-bond donors (Lipinski definition) is 2. The van der Waals surface area contributed by atoms with Gasteiger partial charge in [-0.15, -0.1) is 0 Å². The number of amides is 1. The van der Waals surface area contributed by atoms with E-state index in [0.29, 0.717) is 40.9 Å². The molecule has 1 aromatic heterocycles. The molecule has 1 atom stereocenters. The summed E-state index contributed by atoms with van der Waals surface area (Å²) in [5, 5.41) is 19.5. The Balaban J connectivity index is 1.47. The molecule has 0 aliphatic carbocycles. The zero-order chi connectivity index (χ0) is 27.8. The van der Waals surface area contributed by atoms with Crippen molar-refractivity contribution in [2.24, 2.45) is 5.41 Å². The van der Waals surface area contributed by atoms with Crippen LogP contribution in [-0.4, -0.2) is 29.4 Å². The van der Waals surface area contributed by atoms with Crippen molar-refractivity contribution in [2.45, 2.75) is 45.5 Å². The first-order chi connectivity index (χ1) is 18.5. The SMILES string of the molecule is Cc1noc(=O)c2ccc(NC(=O)C(O)(Cc3ccccc3)c3ccc(C4(C)OCC(C)(C)CO4)cc3)cc12. The van der Waals surface area contributed by atoms with E-state index >= 15 is 0 Å². The number of hydrogen-bond acceptors (Lipinski definition) is 7. The van der Waals surface area contributed by atoms with Crippen LogP contribution < -0.4 is 10.9 Å². The van der Waals surface area contributed by atoms with Gasteiger partial charge in [0.2, 0.25) is 0 Å². The molecule has 202 valence electrons. The topological polar surface area (TPSA) is 111 Å². The largest absolute Gasteiger partial charge is 0.375 e. The Hall–Kier alpha value is -3.85. The van der Waals surface area contributed by atoms with Gasteiger partial charge in [-0.1, -0.05) is 73.6 Å². The molecule has 4 aromatic rings. The Morgan fingerprint density at radius 3 is 2.31 bits per heavy atom. The number of ether oxygens (including phenoxy) is 2. The highest BCUT2D eigenvalue weighted by atomic mass is 16.7. The Bertz CT molecular complexity index is 1550. The summed E-state index contributed by atoms with van der Waals surface area (Å²) in [6.45, 7) is 8.85. The van der Waals surface area contributed by atoms with Crippen LogP contribution in [0.1, 0.15) is 43.2 Å². The first-order valence-electron chi connectivity index (χ1n) is 12.9. The fraction of sp³-hybridized carbons (Fsp3) is 0.323. The maximum atomic E-state index is 13.7. The second-order valence-electron chi connectivity index (χ2n) is 11.1. The van der Waals surface area contributed by atoms with E-state index in [0.717, 1.165) is 11.1 Å². The lowest BCUT2D eigenvalue weighted by Gasteiger charge is -2.41. The molecule has 1 fully saturated rings. The average Bonchev–Trinajstić information content (AvgIpc) is 2.93. The van der Waals surface area contributed by atoms with Crippen LogP contribution in [0.25, 0.3) is 10.8 Å². The zero-order valence-corrected chi connectivity index (χ0v) is 22.5. The predicted octanol–water partition coefficient (Wildman–Crippen LogP) is 4.81. The summed E-state index contributed by atoms with van der Waals surface area (Å²) in [6.07, 6.45) is 0.0508. The van der Waals surface area contributed by atoms with Crippen molar-refractivity contribution in [3.05, 3.63) is 106 Å². The van der Waals surface area contributed by atoms with Crippen molar-refractivity contribution in [1.29, 1.82) is 0 Å². The minimum Gasteiger partial charge on any atom is -0.375 e. The van der Waals surface area contributed by atoms with Gasteiger partial charge in [0.25, 0.3) is 5.91 Å². The quantitative estimate of drug-likeness (QED) is 0.369. The summed E-state index contributed by atoms with van der Waals surface area (Å²) in [7, 11) is 0. The van der Waals surface area contributed by atoms with E-state index < -0.39 is 22.9 Å². The third-order valence-electron chi connectivity index (χ3n) is 7.19. The highest BCUT2D eigenvalue weighted by Gasteiger charge is 2.41. The van der Waals surface area contributed by atoms with Crippen LogP contribution in [-0.2, 0) is 32.1 Å². The lowest BCUT2D eigenvalue weighted by molar-refractivity contribution is -0.298. The van der Waals surface area contributed by atoms with Crippen molar-refractivity contribution >= 4 is 22.4 Å². The van der Waals surface area contributed by atoms with E-state index in [1.54, 1.807) is 37.3 Å². The Labute approximate surface area is 226 Å². The van der Waals surface area contributed by atoms with Crippen LogP contribution in [0.3, 0.4) is 0 Å². The third-order valence-corrected chi connectivity index (χ3v) is 7.19. The number of aryl methyl sites for hydroxylation is 1. The van der Waals surface area contributed by atoms with Gasteiger partial charge in [0, 0.05) is 28.5 Å². The minimum absolute atomic E-state index is 0.0508. The summed E-state index contributed by atoms with van der Waals surface area (Å²) in [5.74, 6) is -1.53. The second-order valence-corrected chi connectivity index (χ2v) is 11.1. The number of fused-ring (bicyclic) bond motifs is 1. The van der Waals surface area contributed by atoms with E-state index in [-0.39, 0.29) is 11.8 Å². The summed E-state index contributed by atoms with van der Waals surface area (Å²) < 4.78 is 16.9. The Morgan fingerprint density at radius 1 is 0.974 bits per heavy atom. The molecule has 0 radical (unpaired) electrons. The van der Waals surface area contributed by atoms with Gasteiger partial charge in [-0.25, -0.2) is 4.79 Å². The standard InChI is InChI=1S/C31H32N2O6/c1-20-26-16-24(14-15-25(26)27(34)39-33-20)32-28(35)31(36,17-21-8-6-5-7-9-21)23-12-10-22(11-13-23)30(4)37-18-29(2,3)19-38-30/h5-16,36H,17-19H2,1-4H3,(H,32,35). The molecule has 1 saturated heterocycles. The molecule has 1 aliphatic heterocycles. The first-order valence-corrected chi connectivity index (χ1v) is 12.9. The van der Waals surface area contributed by atoms with Crippen LogP contribution >= 0.6 is 0 Å². The van der Waals surface area contributed by atoms with Crippen LogP contribution in [0.2, 0.25) is 0 Å². The fourth-order valence-electron chi connectivity index (χ4n) is 4.71.